The van der Waals surface area contributed by atoms with Crippen molar-refractivity contribution in [2.45, 2.75) is 12.6 Å². The first kappa shape index (κ1) is 17.0. The molecule has 22 heavy (non-hydrogen) atoms. The Labute approximate surface area is 138 Å². The summed E-state index contributed by atoms with van der Waals surface area (Å²) in [7, 11) is 0. The highest BCUT2D eigenvalue weighted by atomic mass is 35.5. The molecule has 118 valence electrons. The summed E-state index contributed by atoms with van der Waals surface area (Å²) in [5, 5.41) is 0. The van der Waals surface area contributed by atoms with Crippen molar-refractivity contribution in [2.75, 3.05) is 26.2 Å². The van der Waals surface area contributed by atoms with Crippen LogP contribution in [0.4, 0.5) is 0 Å². The van der Waals surface area contributed by atoms with E-state index in [-0.39, 0.29) is 18.5 Å². The molecule has 0 spiro atoms. The van der Waals surface area contributed by atoms with Crippen LogP contribution in [0.1, 0.15) is 5.56 Å². The Bertz CT molecular complexity index is 559. The van der Waals surface area contributed by atoms with Crippen LogP contribution < -0.4 is 5.73 Å². The second-order valence-electron chi connectivity index (χ2n) is 5.53. The van der Waals surface area contributed by atoms with Crippen LogP contribution in [-0.2, 0) is 11.3 Å². The van der Waals surface area contributed by atoms with Crippen molar-refractivity contribution in [1.29, 1.82) is 0 Å². The highest BCUT2D eigenvalue weighted by Crippen LogP contribution is 2.20. The Balaban J connectivity index is 0.00000176. The molecule has 2 N–H and O–H groups in total. The third-order valence-corrected chi connectivity index (χ3v) is 3.95. The smallest absolute Gasteiger partial charge is 0.0824 e. The fraction of sp³-hybridized carbons (Fsp3) is 0.333. The lowest BCUT2D eigenvalue weighted by Crippen LogP contribution is -2.45. The Hall–Kier alpha value is -1.39. The van der Waals surface area contributed by atoms with Crippen molar-refractivity contribution >= 4 is 12.4 Å². The zero-order valence-electron chi connectivity index (χ0n) is 12.7. The van der Waals surface area contributed by atoms with Crippen LogP contribution >= 0.6 is 12.4 Å². The fourth-order valence-electron chi connectivity index (χ4n) is 2.76. The van der Waals surface area contributed by atoms with Gasteiger partial charge in [-0.15, -0.1) is 12.4 Å². The van der Waals surface area contributed by atoms with Crippen molar-refractivity contribution in [3.05, 3.63) is 60.2 Å². The molecule has 3 rings (SSSR count). The minimum Gasteiger partial charge on any atom is -0.374 e. The van der Waals surface area contributed by atoms with Gasteiger partial charge in [-0.25, -0.2) is 0 Å². The number of morpholine rings is 1. The summed E-state index contributed by atoms with van der Waals surface area (Å²) in [6.45, 7) is 4.26. The molecular weight excluding hydrogens is 296 g/mol. The molecule has 4 heteroatoms. The first-order valence-corrected chi connectivity index (χ1v) is 7.53. The quantitative estimate of drug-likeness (QED) is 0.942. The van der Waals surface area contributed by atoms with Crippen LogP contribution in [0.25, 0.3) is 11.1 Å². The van der Waals surface area contributed by atoms with Gasteiger partial charge in [0.15, 0.2) is 0 Å². The topological polar surface area (TPSA) is 38.5 Å². The molecule has 1 saturated heterocycles. The molecule has 3 nitrogen and oxygen atoms in total. The van der Waals surface area contributed by atoms with E-state index < -0.39 is 0 Å². The van der Waals surface area contributed by atoms with Gasteiger partial charge in [0.1, 0.15) is 0 Å². The van der Waals surface area contributed by atoms with Gasteiger partial charge in [0, 0.05) is 26.2 Å². The van der Waals surface area contributed by atoms with Crippen LogP contribution in [0, 0.1) is 0 Å². The number of hydrogen-bond donors (Lipinski definition) is 1. The first-order chi connectivity index (χ1) is 10.3. The van der Waals surface area contributed by atoms with E-state index in [2.05, 4.69) is 53.4 Å². The summed E-state index contributed by atoms with van der Waals surface area (Å²) in [6.07, 6.45) is 0.183. The van der Waals surface area contributed by atoms with Crippen LogP contribution in [0.3, 0.4) is 0 Å². The van der Waals surface area contributed by atoms with Gasteiger partial charge < -0.3 is 10.5 Å². The van der Waals surface area contributed by atoms with E-state index in [9.17, 15) is 0 Å². The SMILES string of the molecule is Cl.NCC1CN(Cc2ccc(-c3ccccc3)cc2)CCO1. The van der Waals surface area contributed by atoms with E-state index in [0.717, 1.165) is 26.2 Å². The third kappa shape index (κ3) is 4.31. The zero-order chi connectivity index (χ0) is 14.5. The van der Waals surface area contributed by atoms with Crippen LogP contribution in [0.5, 0.6) is 0 Å². The monoisotopic (exact) mass is 318 g/mol. The Morgan fingerprint density at radius 2 is 1.68 bits per heavy atom. The normalized spacial score (nSPS) is 18.7. The molecule has 2 aromatic carbocycles. The number of halogens is 1. The summed E-state index contributed by atoms with van der Waals surface area (Å²) in [5.74, 6) is 0. The molecule has 0 saturated carbocycles. The molecule has 1 fully saturated rings. The summed E-state index contributed by atoms with van der Waals surface area (Å²) in [6, 6.07) is 19.3. The lowest BCUT2D eigenvalue weighted by atomic mass is 10.0. The average molecular weight is 319 g/mol. The molecule has 0 bridgehead atoms. The molecule has 1 atom stereocenters. The standard InChI is InChI=1S/C18H22N2O.ClH/c19-12-18-14-20(10-11-21-18)13-15-6-8-17(9-7-15)16-4-2-1-3-5-16;/h1-9,18H,10-14,19H2;1H. The van der Waals surface area contributed by atoms with Crippen LogP contribution in [0.2, 0.25) is 0 Å². The van der Waals surface area contributed by atoms with Gasteiger partial charge in [-0.1, -0.05) is 54.6 Å². The Morgan fingerprint density at radius 3 is 2.36 bits per heavy atom. The maximum atomic E-state index is 5.69. The van der Waals surface area contributed by atoms with E-state index in [1.165, 1.54) is 16.7 Å². The van der Waals surface area contributed by atoms with E-state index in [1.54, 1.807) is 0 Å². The van der Waals surface area contributed by atoms with Crippen molar-refractivity contribution in [3.63, 3.8) is 0 Å². The second-order valence-corrected chi connectivity index (χ2v) is 5.53. The number of rotatable bonds is 4. The van der Waals surface area contributed by atoms with Gasteiger partial charge in [-0.3, -0.25) is 4.90 Å². The first-order valence-electron chi connectivity index (χ1n) is 7.53. The summed E-state index contributed by atoms with van der Waals surface area (Å²) in [5.41, 5.74) is 9.56. The van der Waals surface area contributed by atoms with Gasteiger partial charge >= 0.3 is 0 Å². The molecule has 1 aliphatic rings. The van der Waals surface area contributed by atoms with Crippen molar-refractivity contribution < 1.29 is 4.74 Å². The van der Waals surface area contributed by atoms with E-state index >= 15 is 0 Å². The lowest BCUT2D eigenvalue weighted by molar-refractivity contribution is -0.0260. The zero-order valence-corrected chi connectivity index (χ0v) is 13.5. The van der Waals surface area contributed by atoms with Gasteiger partial charge in [0.25, 0.3) is 0 Å². The number of benzene rings is 2. The van der Waals surface area contributed by atoms with Crippen LogP contribution in [0.15, 0.2) is 54.6 Å². The van der Waals surface area contributed by atoms with Crippen molar-refractivity contribution in [3.8, 4) is 11.1 Å². The summed E-state index contributed by atoms with van der Waals surface area (Å²) < 4.78 is 5.61. The van der Waals surface area contributed by atoms with E-state index in [1.807, 2.05) is 6.07 Å². The molecule has 0 radical (unpaired) electrons. The van der Waals surface area contributed by atoms with E-state index in [4.69, 9.17) is 10.5 Å². The largest absolute Gasteiger partial charge is 0.374 e. The van der Waals surface area contributed by atoms with Crippen LogP contribution in [-0.4, -0.2) is 37.2 Å². The number of nitrogens with zero attached hydrogens (tertiary/aromatic N) is 1. The third-order valence-electron chi connectivity index (χ3n) is 3.95. The van der Waals surface area contributed by atoms with Gasteiger partial charge in [-0.2, -0.15) is 0 Å². The summed E-state index contributed by atoms with van der Waals surface area (Å²) >= 11 is 0. The predicted molar refractivity (Wildman–Crippen MR) is 93.2 cm³/mol. The summed E-state index contributed by atoms with van der Waals surface area (Å²) in [4.78, 5) is 2.42. The maximum Gasteiger partial charge on any atom is 0.0824 e. The number of hydrogen-bond acceptors (Lipinski definition) is 3. The lowest BCUT2D eigenvalue weighted by Gasteiger charge is -2.32. The highest BCUT2D eigenvalue weighted by molar-refractivity contribution is 5.85. The Morgan fingerprint density at radius 1 is 1.00 bits per heavy atom. The molecule has 1 heterocycles. The molecule has 1 aliphatic heterocycles. The number of nitrogens with two attached hydrogens (primary N) is 1. The van der Waals surface area contributed by atoms with Gasteiger partial charge in [-0.05, 0) is 16.7 Å². The minimum atomic E-state index is 0. The molecule has 0 amide bonds. The van der Waals surface area contributed by atoms with E-state index in [0.29, 0.717) is 6.54 Å². The van der Waals surface area contributed by atoms with Crippen molar-refractivity contribution in [1.82, 2.24) is 4.90 Å². The molecule has 0 aliphatic carbocycles. The maximum absolute atomic E-state index is 5.69. The predicted octanol–water partition coefficient (Wildman–Crippen LogP) is 2.93. The molecule has 0 aromatic heterocycles. The Kier molecular flexibility index (Phi) is 6.40. The minimum absolute atomic E-state index is 0. The molecule has 1 unspecified atom stereocenters. The average Bonchev–Trinajstić information content (AvgIpc) is 2.56. The molecule has 2 aromatic rings. The highest BCUT2D eigenvalue weighted by Gasteiger charge is 2.18. The molecular formula is C18H23ClN2O. The fourth-order valence-corrected chi connectivity index (χ4v) is 2.76. The second kappa shape index (κ2) is 8.30. The van der Waals surface area contributed by atoms with Gasteiger partial charge in [0.05, 0.1) is 12.7 Å². The van der Waals surface area contributed by atoms with Gasteiger partial charge in [0.2, 0.25) is 0 Å². The van der Waals surface area contributed by atoms with Crippen molar-refractivity contribution in [2.24, 2.45) is 5.73 Å². The number of ether oxygens (including phenoxy) is 1.